The Balaban J connectivity index is 2.00. The average Bonchev–Trinajstić information content (AvgIpc) is 2.69. The van der Waals surface area contributed by atoms with Crippen molar-refractivity contribution in [3.05, 3.63) is 24.1 Å². The second-order valence-electron chi connectivity index (χ2n) is 4.42. The summed E-state index contributed by atoms with van der Waals surface area (Å²) in [4.78, 5) is 15.9. The Hall–Kier alpha value is -1.84. The molecule has 0 spiro atoms. The number of oxazole rings is 1. The molecule has 1 N–H and O–H groups in total. The zero-order valence-electron chi connectivity index (χ0n) is 10.8. The van der Waals surface area contributed by atoms with Crippen LogP contribution in [-0.4, -0.2) is 10.9 Å². The maximum Gasteiger partial charge on any atom is 0.224 e. The van der Waals surface area contributed by atoms with Crippen molar-refractivity contribution in [1.82, 2.24) is 4.98 Å². The first-order valence-corrected chi connectivity index (χ1v) is 6.36. The minimum Gasteiger partial charge on any atom is -0.441 e. The number of unbranched alkanes of at least 4 members (excludes halogenated alkanes) is 2. The monoisotopic (exact) mass is 246 g/mol. The summed E-state index contributed by atoms with van der Waals surface area (Å²) >= 11 is 0. The predicted octanol–water partition coefficient (Wildman–Crippen LogP) is 3.66. The summed E-state index contributed by atoms with van der Waals surface area (Å²) in [5.74, 6) is 0.690. The zero-order valence-corrected chi connectivity index (χ0v) is 10.8. The molecule has 4 heteroatoms. The van der Waals surface area contributed by atoms with Gasteiger partial charge in [-0.2, -0.15) is 0 Å². The molecule has 1 heterocycles. The normalized spacial score (nSPS) is 10.8. The van der Waals surface area contributed by atoms with E-state index in [0.717, 1.165) is 30.5 Å². The van der Waals surface area contributed by atoms with Crippen molar-refractivity contribution in [2.75, 3.05) is 5.32 Å². The highest BCUT2D eigenvalue weighted by molar-refractivity contribution is 5.92. The number of nitrogens with one attached hydrogen (secondary N) is 1. The number of amides is 1. The molecular weight excluding hydrogens is 228 g/mol. The lowest BCUT2D eigenvalue weighted by atomic mass is 10.2. The molecule has 4 nitrogen and oxygen atoms in total. The number of aromatic nitrogens is 1. The molecule has 18 heavy (non-hydrogen) atoms. The zero-order chi connectivity index (χ0) is 13.0. The molecule has 96 valence electrons. The summed E-state index contributed by atoms with van der Waals surface area (Å²) in [7, 11) is 0. The van der Waals surface area contributed by atoms with E-state index in [2.05, 4.69) is 17.2 Å². The Labute approximate surface area is 106 Å². The fraction of sp³-hybridized carbons (Fsp3) is 0.429. The van der Waals surface area contributed by atoms with E-state index in [1.807, 2.05) is 25.1 Å². The van der Waals surface area contributed by atoms with Gasteiger partial charge in [-0.1, -0.05) is 19.8 Å². The minimum absolute atomic E-state index is 0.0547. The summed E-state index contributed by atoms with van der Waals surface area (Å²) in [5.41, 5.74) is 2.29. The second-order valence-corrected chi connectivity index (χ2v) is 4.42. The Kier molecular flexibility index (Phi) is 3.97. The van der Waals surface area contributed by atoms with E-state index in [-0.39, 0.29) is 5.91 Å². The van der Waals surface area contributed by atoms with Gasteiger partial charge in [-0.3, -0.25) is 4.79 Å². The van der Waals surface area contributed by atoms with Crippen LogP contribution in [0.5, 0.6) is 0 Å². The van der Waals surface area contributed by atoms with Gasteiger partial charge in [0.1, 0.15) is 5.52 Å². The van der Waals surface area contributed by atoms with E-state index in [1.54, 1.807) is 0 Å². The quantitative estimate of drug-likeness (QED) is 0.819. The Morgan fingerprint density at radius 2 is 2.22 bits per heavy atom. The summed E-state index contributed by atoms with van der Waals surface area (Å²) in [5, 5.41) is 2.88. The highest BCUT2D eigenvalue weighted by Gasteiger charge is 2.06. The first kappa shape index (κ1) is 12.6. The maximum atomic E-state index is 11.7. The van der Waals surface area contributed by atoms with Gasteiger partial charge < -0.3 is 9.73 Å². The highest BCUT2D eigenvalue weighted by Crippen LogP contribution is 2.20. The minimum atomic E-state index is 0.0547. The molecule has 0 atom stereocenters. The molecule has 2 rings (SSSR count). The van der Waals surface area contributed by atoms with Crippen LogP contribution in [0.3, 0.4) is 0 Å². The van der Waals surface area contributed by atoms with Gasteiger partial charge in [0.15, 0.2) is 11.5 Å². The molecule has 0 saturated carbocycles. The third-order valence-corrected chi connectivity index (χ3v) is 2.79. The fourth-order valence-corrected chi connectivity index (χ4v) is 1.88. The fourth-order valence-electron chi connectivity index (χ4n) is 1.88. The van der Waals surface area contributed by atoms with Crippen molar-refractivity contribution in [2.24, 2.45) is 0 Å². The lowest BCUT2D eigenvalue weighted by molar-refractivity contribution is -0.116. The Morgan fingerprint density at radius 3 is 3.00 bits per heavy atom. The van der Waals surface area contributed by atoms with Crippen molar-refractivity contribution >= 4 is 22.7 Å². The summed E-state index contributed by atoms with van der Waals surface area (Å²) in [6.07, 6.45) is 3.72. The van der Waals surface area contributed by atoms with Crippen LogP contribution in [0.2, 0.25) is 0 Å². The number of rotatable bonds is 5. The predicted molar refractivity (Wildman–Crippen MR) is 71.5 cm³/mol. The number of carbonyl (C=O) groups excluding carboxylic acids is 1. The molecule has 0 aliphatic rings. The van der Waals surface area contributed by atoms with E-state index in [0.29, 0.717) is 17.9 Å². The van der Waals surface area contributed by atoms with Crippen LogP contribution in [-0.2, 0) is 4.79 Å². The van der Waals surface area contributed by atoms with Crippen LogP contribution < -0.4 is 5.32 Å². The van der Waals surface area contributed by atoms with Crippen LogP contribution in [0.1, 0.15) is 38.5 Å². The summed E-state index contributed by atoms with van der Waals surface area (Å²) in [6.45, 7) is 3.93. The number of benzene rings is 1. The van der Waals surface area contributed by atoms with Gasteiger partial charge in [-0.25, -0.2) is 4.98 Å². The van der Waals surface area contributed by atoms with Crippen molar-refractivity contribution in [3.8, 4) is 0 Å². The van der Waals surface area contributed by atoms with Gasteiger partial charge in [0.05, 0.1) is 0 Å². The number of carbonyl (C=O) groups is 1. The molecule has 1 amide bonds. The SMILES string of the molecule is CCCCCC(=O)Nc1ccc2nc(C)oc2c1. The molecular formula is C14H18N2O2. The second kappa shape index (κ2) is 5.67. The standard InChI is InChI=1S/C14H18N2O2/c1-3-4-5-6-14(17)16-11-7-8-12-13(9-11)18-10(2)15-12/h7-9H,3-6H2,1-2H3,(H,16,17). The largest absolute Gasteiger partial charge is 0.441 e. The molecule has 0 bridgehead atoms. The first-order valence-electron chi connectivity index (χ1n) is 6.36. The summed E-state index contributed by atoms with van der Waals surface area (Å²) in [6, 6.07) is 5.52. The maximum absolute atomic E-state index is 11.7. The van der Waals surface area contributed by atoms with Crippen LogP contribution in [0, 0.1) is 6.92 Å². The molecule has 0 radical (unpaired) electrons. The van der Waals surface area contributed by atoms with Gasteiger partial charge in [0.2, 0.25) is 5.91 Å². The smallest absolute Gasteiger partial charge is 0.224 e. The lowest BCUT2D eigenvalue weighted by Crippen LogP contribution is -2.10. The van der Waals surface area contributed by atoms with Gasteiger partial charge in [0, 0.05) is 25.1 Å². The highest BCUT2D eigenvalue weighted by atomic mass is 16.3. The number of fused-ring (bicyclic) bond motifs is 1. The molecule has 0 aliphatic heterocycles. The van der Waals surface area contributed by atoms with Crippen molar-refractivity contribution < 1.29 is 9.21 Å². The number of aryl methyl sites for hydroxylation is 1. The Bertz CT molecular complexity index is 546. The van der Waals surface area contributed by atoms with Crippen LogP contribution in [0.4, 0.5) is 5.69 Å². The van der Waals surface area contributed by atoms with Gasteiger partial charge in [-0.05, 0) is 18.6 Å². The van der Waals surface area contributed by atoms with Gasteiger partial charge >= 0.3 is 0 Å². The molecule has 1 aromatic carbocycles. The number of nitrogens with zero attached hydrogens (tertiary/aromatic N) is 1. The van der Waals surface area contributed by atoms with E-state index < -0.39 is 0 Å². The van der Waals surface area contributed by atoms with Crippen molar-refractivity contribution in [2.45, 2.75) is 39.5 Å². The van der Waals surface area contributed by atoms with E-state index >= 15 is 0 Å². The molecule has 1 aromatic heterocycles. The molecule has 2 aromatic rings. The summed E-state index contributed by atoms with van der Waals surface area (Å²) < 4.78 is 5.43. The first-order chi connectivity index (χ1) is 8.69. The van der Waals surface area contributed by atoms with Crippen molar-refractivity contribution in [1.29, 1.82) is 0 Å². The lowest BCUT2D eigenvalue weighted by Gasteiger charge is -2.04. The van der Waals surface area contributed by atoms with Crippen molar-refractivity contribution in [3.63, 3.8) is 0 Å². The molecule has 0 aliphatic carbocycles. The molecule has 0 fully saturated rings. The van der Waals surface area contributed by atoms with Crippen LogP contribution in [0.15, 0.2) is 22.6 Å². The molecule has 0 unspecified atom stereocenters. The average molecular weight is 246 g/mol. The van der Waals surface area contributed by atoms with E-state index in [1.165, 1.54) is 0 Å². The number of anilines is 1. The number of hydrogen-bond donors (Lipinski definition) is 1. The van der Waals surface area contributed by atoms with E-state index in [4.69, 9.17) is 4.42 Å². The topological polar surface area (TPSA) is 55.1 Å². The van der Waals surface area contributed by atoms with E-state index in [9.17, 15) is 4.79 Å². The Morgan fingerprint density at radius 1 is 1.39 bits per heavy atom. The van der Waals surface area contributed by atoms with Gasteiger partial charge in [-0.15, -0.1) is 0 Å². The van der Waals surface area contributed by atoms with Crippen LogP contribution in [0.25, 0.3) is 11.1 Å². The molecule has 0 saturated heterocycles. The number of hydrogen-bond acceptors (Lipinski definition) is 3. The van der Waals surface area contributed by atoms with Crippen LogP contribution >= 0.6 is 0 Å². The van der Waals surface area contributed by atoms with Gasteiger partial charge in [0.25, 0.3) is 0 Å². The third-order valence-electron chi connectivity index (χ3n) is 2.79. The third kappa shape index (κ3) is 3.09.